The molecule has 1 aromatic carbocycles. The van der Waals surface area contributed by atoms with Gasteiger partial charge in [-0.25, -0.2) is 14.8 Å². The first-order valence-electron chi connectivity index (χ1n) is 9.71. The van der Waals surface area contributed by atoms with E-state index in [4.69, 9.17) is 9.90 Å². The standard InChI is InChI=1S/C20H19N5S.C2HF3O2/c1-15(16-2-4-18(5-3-16)25-11-10-22-14-25)23-12-19-13-24-20(26-19)17-6-8-21-9-7-17;3-2(4,5)1(6)7/h2-11,13-15,23H,12H2,1H3;(H,6,7). The van der Waals surface area contributed by atoms with E-state index < -0.39 is 12.1 Å². The largest absolute Gasteiger partial charge is 0.490 e. The summed E-state index contributed by atoms with van der Waals surface area (Å²) in [6, 6.07) is 12.8. The molecule has 4 aromatic rings. The number of pyridine rings is 1. The molecular weight excluding hydrogens is 455 g/mol. The van der Waals surface area contributed by atoms with Crippen LogP contribution in [0.15, 0.2) is 73.7 Å². The van der Waals surface area contributed by atoms with Gasteiger partial charge in [0.05, 0.1) is 6.33 Å². The first-order valence-corrected chi connectivity index (χ1v) is 10.5. The Morgan fingerprint density at radius 3 is 2.36 bits per heavy atom. The summed E-state index contributed by atoms with van der Waals surface area (Å²) in [6.07, 6.45) is 5.99. The van der Waals surface area contributed by atoms with E-state index in [9.17, 15) is 13.2 Å². The second kappa shape index (κ2) is 10.8. The van der Waals surface area contributed by atoms with Crippen LogP contribution in [-0.4, -0.2) is 36.8 Å². The van der Waals surface area contributed by atoms with Crippen molar-refractivity contribution in [1.29, 1.82) is 0 Å². The number of carboxylic acid groups (broad SMARTS) is 1. The normalized spacial score (nSPS) is 12.0. The first kappa shape index (κ1) is 24.1. The van der Waals surface area contributed by atoms with Crippen LogP contribution in [0.4, 0.5) is 13.2 Å². The van der Waals surface area contributed by atoms with Crippen molar-refractivity contribution in [2.45, 2.75) is 25.7 Å². The molecule has 3 aromatic heterocycles. The third kappa shape index (κ3) is 6.96. The summed E-state index contributed by atoms with van der Waals surface area (Å²) in [5.41, 5.74) is 3.48. The summed E-state index contributed by atoms with van der Waals surface area (Å²) in [4.78, 5) is 22.8. The lowest BCUT2D eigenvalue weighted by Crippen LogP contribution is -2.21. The Morgan fingerprint density at radius 2 is 1.79 bits per heavy atom. The number of carboxylic acids is 1. The summed E-state index contributed by atoms with van der Waals surface area (Å²) in [6.45, 7) is 2.98. The van der Waals surface area contributed by atoms with Crippen LogP contribution in [0, 0.1) is 0 Å². The molecule has 0 aliphatic carbocycles. The molecule has 7 nitrogen and oxygen atoms in total. The topological polar surface area (TPSA) is 92.9 Å². The van der Waals surface area contributed by atoms with E-state index in [0.29, 0.717) is 0 Å². The maximum absolute atomic E-state index is 10.6. The van der Waals surface area contributed by atoms with E-state index in [-0.39, 0.29) is 6.04 Å². The van der Waals surface area contributed by atoms with E-state index in [1.54, 1.807) is 36.3 Å². The maximum Gasteiger partial charge on any atom is 0.490 e. The average Bonchev–Trinajstić information content (AvgIpc) is 3.50. The van der Waals surface area contributed by atoms with E-state index in [1.165, 1.54) is 10.4 Å². The zero-order chi connectivity index (χ0) is 23.8. The third-order valence-corrected chi connectivity index (χ3v) is 5.55. The van der Waals surface area contributed by atoms with Crippen LogP contribution >= 0.6 is 11.3 Å². The number of imidazole rings is 1. The van der Waals surface area contributed by atoms with Gasteiger partial charge in [0.15, 0.2) is 0 Å². The Balaban J connectivity index is 0.000000383. The molecule has 0 aliphatic rings. The van der Waals surface area contributed by atoms with Crippen LogP contribution in [0.5, 0.6) is 0 Å². The van der Waals surface area contributed by atoms with Crippen molar-refractivity contribution in [3.8, 4) is 16.3 Å². The smallest absolute Gasteiger partial charge is 0.475 e. The van der Waals surface area contributed by atoms with Crippen LogP contribution in [0.1, 0.15) is 23.4 Å². The van der Waals surface area contributed by atoms with Crippen molar-refractivity contribution in [3.05, 3.63) is 84.2 Å². The van der Waals surface area contributed by atoms with Crippen molar-refractivity contribution in [2.24, 2.45) is 0 Å². The Bertz CT molecular complexity index is 1150. The van der Waals surface area contributed by atoms with Gasteiger partial charge in [0.1, 0.15) is 5.01 Å². The van der Waals surface area contributed by atoms with Gasteiger partial charge >= 0.3 is 12.1 Å². The van der Waals surface area contributed by atoms with Crippen LogP contribution in [0.25, 0.3) is 16.3 Å². The molecule has 0 bridgehead atoms. The summed E-state index contributed by atoms with van der Waals surface area (Å²) >= 11 is 1.71. The number of benzene rings is 1. The number of halogens is 3. The molecule has 2 N–H and O–H groups in total. The van der Waals surface area contributed by atoms with Crippen molar-refractivity contribution in [3.63, 3.8) is 0 Å². The lowest BCUT2D eigenvalue weighted by molar-refractivity contribution is -0.192. The highest BCUT2D eigenvalue weighted by atomic mass is 32.1. The molecule has 0 aliphatic heterocycles. The number of rotatable bonds is 6. The summed E-state index contributed by atoms with van der Waals surface area (Å²) < 4.78 is 33.7. The molecular formula is C22H20F3N5O2S. The molecule has 0 radical (unpaired) electrons. The van der Waals surface area contributed by atoms with Gasteiger partial charge in [0.2, 0.25) is 0 Å². The minimum absolute atomic E-state index is 0.262. The van der Waals surface area contributed by atoms with E-state index in [2.05, 4.69) is 51.5 Å². The molecule has 33 heavy (non-hydrogen) atoms. The quantitative estimate of drug-likeness (QED) is 0.413. The van der Waals surface area contributed by atoms with Crippen LogP contribution < -0.4 is 5.32 Å². The lowest BCUT2D eigenvalue weighted by Gasteiger charge is -2.14. The van der Waals surface area contributed by atoms with Crippen LogP contribution in [-0.2, 0) is 11.3 Å². The summed E-state index contributed by atoms with van der Waals surface area (Å²) in [7, 11) is 0. The van der Waals surface area contributed by atoms with Gasteiger partial charge in [-0.05, 0) is 36.8 Å². The van der Waals surface area contributed by atoms with E-state index >= 15 is 0 Å². The monoisotopic (exact) mass is 475 g/mol. The van der Waals surface area contributed by atoms with Gasteiger partial charge in [-0.15, -0.1) is 11.3 Å². The predicted octanol–water partition coefficient (Wildman–Crippen LogP) is 4.87. The Morgan fingerprint density at radius 1 is 1.12 bits per heavy atom. The number of nitrogens with zero attached hydrogens (tertiary/aromatic N) is 4. The Hall–Kier alpha value is -3.57. The van der Waals surface area contributed by atoms with E-state index in [1.807, 2.05) is 29.1 Å². The van der Waals surface area contributed by atoms with Gasteiger partial charge in [-0.1, -0.05) is 12.1 Å². The molecule has 11 heteroatoms. The van der Waals surface area contributed by atoms with Gasteiger partial charge in [-0.2, -0.15) is 13.2 Å². The lowest BCUT2D eigenvalue weighted by atomic mass is 10.1. The minimum Gasteiger partial charge on any atom is -0.475 e. The number of nitrogens with one attached hydrogen (secondary N) is 1. The van der Waals surface area contributed by atoms with Crippen molar-refractivity contribution in [2.75, 3.05) is 0 Å². The molecule has 0 saturated carbocycles. The van der Waals surface area contributed by atoms with Crippen LogP contribution in [0.2, 0.25) is 0 Å². The molecule has 0 amide bonds. The number of hydrogen-bond acceptors (Lipinski definition) is 6. The SMILES string of the molecule is CC(NCc1cnc(-c2ccncc2)s1)c1ccc(-n2ccnc2)cc1.O=C(O)C(F)(F)F. The number of alkyl halides is 3. The molecule has 1 unspecified atom stereocenters. The first-order chi connectivity index (χ1) is 15.7. The molecule has 3 heterocycles. The fourth-order valence-electron chi connectivity index (χ4n) is 2.74. The number of thiazole rings is 1. The molecule has 172 valence electrons. The Kier molecular flexibility index (Phi) is 7.91. The van der Waals surface area contributed by atoms with Gasteiger partial charge in [0.25, 0.3) is 0 Å². The predicted molar refractivity (Wildman–Crippen MR) is 118 cm³/mol. The Labute approximate surface area is 191 Å². The fourth-order valence-corrected chi connectivity index (χ4v) is 3.60. The summed E-state index contributed by atoms with van der Waals surface area (Å²) in [5.74, 6) is -2.76. The van der Waals surface area contributed by atoms with Gasteiger partial charge in [0, 0.05) is 59.7 Å². The second-order valence-electron chi connectivity index (χ2n) is 6.83. The highest BCUT2D eigenvalue weighted by molar-refractivity contribution is 7.15. The van der Waals surface area contributed by atoms with Crippen molar-refractivity contribution >= 4 is 17.3 Å². The van der Waals surface area contributed by atoms with Gasteiger partial charge < -0.3 is 15.0 Å². The minimum atomic E-state index is -5.08. The zero-order valence-corrected chi connectivity index (χ0v) is 18.2. The zero-order valence-electron chi connectivity index (χ0n) is 17.4. The third-order valence-electron chi connectivity index (χ3n) is 4.50. The van der Waals surface area contributed by atoms with Crippen molar-refractivity contribution < 1.29 is 23.1 Å². The molecule has 0 fully saturated rings. The number of hydrogen-bond donors (Lipinski definition) is 2. The molecule has 4 rings (SSSR count). The number of aromatic nitrogens is 4. The highest BCUT2D eigenvalue weighted by Crippen LogP contribution is 2.25. The van der Waals surface area contributed by atoms with Crippen molar-refractivity contribution in [1.82, 2.24) is 24.8 Å². The second-order valence-corrected chi connectivity index (χ2v) is 7.95. The van der Waals surface area contributed by atoms with Crippen LogP contribution in [0.3, 0.4) is 0 Å². The maximum atomic E-state index is 10.6. The molecule has 0 spiro atoms. The highest BCUT2D eigenvalue weighted by Gasteiger charge is 2.38. The number of aliphatic carboxylic acids is 1. The van der Waals surface area contributed by atoms with Gasteiger partial charge in [-0.3, -0.25) is 4.98 Å². The summed E-state index contributed by atoms with van der Waals surface area (Å²) in [5, 5.41) is 11.7. The number of carbonyl (C=O) groups is 1. The molecule has 1 atom stereocenters. The van der Waals surface area contributed by atoms with E-state index in [0.717, 1.165) is 22.8 Å². The fraction of sp³-hybridized carbons (Fsp3) is 0.182. The average molecular weight is 475 g/mol. The molecule has 0 saturated heterocycles.